The summed E-state index contributed by atoms with van der Waals surface area (Å²) in [5.74, 6) is 3.21. The quantitative estimate of drug-likeness (QED) is 0.550. The molecule has 0 N–H and O–H groups in total. The van der Waals surface area contributed by atoms with Crippen LogP contribution in [-0.2, 0) is 4.74 Å². The second-order valence-corrected chi connectivity index (χ2v) is 6.79. The monoisotopic (exact) mass is 240 g/mol. The fraction of sp³-hybridized carbons (Fsp3) is 1.00. The van der Waals surface area contributed by atoms with E-state index in [9.17, 15) is 0 Å². The van der Waals surface area contributed by atoms with Gasteiger partial charge in [-0.2, -0.15) is 0 Å². The third-order valence-corrected chi connectivity index (χ3v) is 4.20. The molecule has 0 spiro atoms. The number of rotatable bonds is 8. The lowest BCUT2D eigenvalue weighted by atomic mass is 9.82. The van der Waals surface area contributed by atoms with Crippen LogP contribution in [0.1, 0.15) is 67.2 Å². The lowest BCUT2D eigenvalue weighted by Gasteiger charge is -2.22. The normalized spacial score (nSPS) is 27.5. The van der Waals surface area contributed by atoms with E-state index < -0.39 is 0 Å². The van der Waals surface area contributed by atoms with E-state index in [1.807, 2.05) is 0 Å². The van der Waals surface area contributed by atoms with Gasteiger partial charge >= 0.3 is 0 Å². The van der Waals surface area contributed by atoms with E-state index in [0.717, 1.165) is 23.7 Å². The summed E-state index contributed by atoms with van der Waals surface area (Å²) in [5, 5.41) is 0. The average Bonchev–Trinajstić information content (AvgIpc) is 2.95. The zero-order valence-corrected chi connectivity index (χ0v) is 12.7. The summed E-state index contributed by atoms with van der Waals surface area (Å²) in [7, 11) is 0. The highest BCUT2D eigenvalue weighted by Gasteiger charge is 2.45. The Morgan fingerprint density at radius 2 is 1.59 bits per heavy atom. The van der Waals surface area contributed by atoms with E-state index in [-0.39, 0.29) is 0 Å². The van der Waals surface area contributed by atoms with Gasteiger partial charge in [-0.05, 0) is 36.5 Å². The van der Waals surface area contributed by atoms with E-state index in [1.165, 1.54) is 25.7 Å². The summed E-state index contributed by atoms with van der Waals surface area (Å²) in [4.78, 5) is 0. The summed E-state index contributed by atoms with van der Waals surface area (Å²) in [6, 6.07) is 0. The predicted molar refractivity (Wildman–Crippen MR) is 75.1 cm³/mol. The van der Waals surface area contributed by atoms with Crippen LogP contribution in [0.4, 0.5) is 0 Å². The molecular formula is C16H32O. The first-order valence-electron chi connectivity index (χ1n) is 7.61. The van der Waals surface area contributed by atoms with Crippen molar-refractivity contribution in [3.05, 3.63) is 0 Å². The third-order valence-electron chi connectivity index (χ3n) is 4.20. The van der Waals surface area contributed by atoms with E-state index in [1.54, 1.807) is 0 Å². The second kappa shape index (κ2) is 6.78. The van der Waals surface area contributed by atoms with Crippen LogP contribution in [0.3, 0.4) is 0 Å². The summed E-state index contributed by atoms with van der Waals surface area (Å²) < 4.78 is 5.95. The Morgan fingerprint density at radius 1 is 0.941 bits per heavy atom. The van der Waals surface area contributed by atoms with E-state index in [0.29, 0.717) is 12.2 Å². The molecule has 0 aromatic heterocycles. The Hall–Kier alpha value is -0.0400. The van der Waals surface area contributed by atoms with Gasteiger partial charge in [0.25, 0.3) is 0 Å². The molecule has 1 heteroatoms. The molecule has 0 bridgehead atoms. The molecule has 0 aromatic carbocycles. The van der Waals surface area contributed by atoms with Crippen molar-refractivity contribution in [2.24, 2.45) is 23.7 Å². The lowest BCUT2D eigenvalue weighted by Crippen LogP contribution is -2.20. The zero-order chi connectivity index (χ0) is 13.0. The smallest absolute Gasteiger partial charge is 0.0872 e. The van der Waals surface area contributed by atoms with Gasteiger partial charge in [-0.3, -0.25) is 0 Å². The molecular weight excluding hydrogens is 208 g/mol. The zero-order valence-electron chi connectivity index (χ0n) is 12.7. The minimum absolute atomic E-state index is 0.571. The molecule has 0 aromatic rings. The molecule has 0 radical (unpaired) electrons. The Kier molecular flexibility index (Phi) is 5.99. The van der Waals surface area contributed by atoms with Gasteiger partial charge in [0, 0.05) is 0 Å². The molecule has 102 valence electrons. The fourth-order valence-corrected chi connectivity index (χ4v) is 2.79. The van der Waals surface area contributed by atoms with Crippen LogP contribution in [0.25, 0.3) is 0 Å². The van der Waals surface area contributed by atoms with E-state index >= 15 is 0 Å². The van der Waals surface area contributed by atoms with Gasteiger partial charge in [0.15, 0.2) is 0 Å². The highest BCUT2D eigenvalue weighted by molar-refractivity contribution is 4.92. The number of hydrogen-bond donors (Lipinski definition) is 0. The van der Waals surface area contributed by atoms with Gasteiger partial charge in [0.1, 0.15) is 0 Å². The first-order chi connectivity index (χ1) is 7.95. The molecule has 1 aliphatic rings. The molecule has 1 aliphatic heterocycles. The van der Waals surface area contributed by atoms with Crippen molar-refractivity contribution in [1.82, 2.24) is 0 Å². The maximum Gasteiger partial charge on any atom is 0.0872 e. The first kappa shape index (κ1) is 15.0. The highest BCUT2D eigenvalue weighted by Crippen LogP contribution is 2.41. The van der Waals surface area contributed by atoms with Crippen LogP contribution in [0.5, 0.6) is 0 Å². The van der Waals surface area contributed by atoms with Crippen molar-refractivity contribution in [3.8, 4) is 0 Å². The third kappa shape index (κ3) is 4.99. The molecule has 4 atom stereocenters. The Balaban J connectivity index is 2.42. The van der Waals surface area contributed by atoms with Gasteiger partial charge in [-0.15, -0.1) is 0 Å². The van der Waals surface area contributed by atoms with Crippen LogP contribution in [0.15, 0.2) is 0 Å². The Morgan fingerprint density at radius 3 is 2.06 bits per heavy atom. The minimum Gasteiger partial charge on any atom is -0.369 e. The minimum atomic E-state index is 0.571. The molecule has 4 unspecified atom stereocenters. The number of epoxide rings is 1. The molecule has 1 rings (SSSR count). The second-order valence-electron chi connectivity index (χ2n) is 6.79. The lowest BCUT2D eigenvalue weighted by molar-refractivity contribution is 0.228. The maximum atomic E-state index is 5.95. The van der Waals surface area contributed by atoms with Gasteiger partial charge in [-0.1, -0.05) is 54.4 Å². The van der Waals surface area contributed by atoms with E-state index in [4.69, 9.17) is 4.74 Å². The molecule has 0 saturated carbocycles. The fourth-order valence-electron chi connectivity index (χ4n) is 2.79. The van der Waals surface area contributed by atoms with Crippen molar-refractivity contribution in [2.45, 2.75) is 79.4 Å². The molecule has 1 fully saturated rings. The van der Waals surface area contributed by atoms with Gasteiger partial charge < -0.3 is 4.74 Å². The van der Waals surface area contributed by atoms with Crippen molar-refractivity contribution in [1.29, 1.82) is 0 Å². The predicted octanol–water partition coefficient (Wildman–Crippen LogP) is 4.90. The molecule has 1 heterocycles. The van der Waals surface area contributed by atoms with Crippen LogP contribution in [0, 0.1) is 23.7 Å². The SMILES string of the molecule is CCC(C)C(CCC(C)C)C1OC1CC(C)C. The van der Waals surface area contributed by atoms with Gasteiger partial charge in [0.05, 0.1) is 12.2 Å². The summed E-state index contributed by atoms with van der Waals surface area (Å²) in [6.45, 7) is 14.0. The van der Waals surface area contributed by atoms with Crippen molar-refractivity contribution in [2.75, 3.05) is 0 Å². The van der Waals surface area contributed by atoms with Crippen LogP contribution in [0.2, 0.25) is 0 Å². The molecule has 1 nitrogen and oxygen atoms in total. The molecule has 1 saturated heterocycles. The molecule has 0 amide bonds. The van der Waals surface area contributed by atoms with Gasteiger partial charge in [0.2, 0.25) is 0 Å². The van der Waals surface area contributed by atoms with Crippen LogP contribution < -0.4 is 0 Å². The summed E-state index contributed by atoms with van der Waals surface area (Å²) in [5.41, 5.74) is 0. The number of ether oxygens (including phenoxy) is 1. The maximum absolute atomic E-state index is 5.95. The number of hydrogen-bond acceptors (Lipinski definition) is 1. The van der Waals surface area contributed by atoms with Crippen molar-refractivity contribution in [3.63, 3.8) is 0 Å². The average molecular weight is 240 g/mol. The van der Waals surface area contributed by atoms with E-state index in [2.05, 4.69) is 41.5 Å². The largest absolute Gasteiger partial charge is 0.369 e. The molecule has 17 heavy (non-hydrogen) atoms. The van der Waals surface area contributed by atoms with Crippen LogP contribution >= 0.6 is 0 Å². The first-order valence-corrected chi connectivity index (χ1v) is 7.61. The summed E-state index contributed by atoms with van der Waals surface area (Å²) >= 11 is 0. The standard InChI is InChI=1S/C16H32O/c1-7-13(6)14(9-8-11(2)3)16-15(17-16)10-12(4)5/h11-16H,7-10H2,1-6H3. The summed E-state index contributed by atoms with van der Waals surface area (Å²) in [6.07, 6.45) is 6.39. The Labute approximate surface area is 108 Å². The van der Waals surface area contributed by atoms with Gasteiger partial charge in [-0.25, -0.2) is 0 Å². The van der Waals surface area contributed by atoms with Crippen molar-refractivity contribution < 1.29 is 4.74 Å². The van der Waals surface area contributed by atoms with Crippen molar-refractivity contribution >= 4 is 0 Å². The molecule has 0 aliphatic carbocycles. The highest BCUT2D eigenvalue weighted by atomic mass is 16.6. The topological polar surface area (TPSA) is 12.5 Å². The van der Waals surface area contributed by atoms with Crippen LogP contribution in [-0.4, -0.2) is 12.2 Å². The Bertz CT molecular complexity index is 210.